The van der Waals surface area contributed by atoms with Crippen LogP contribution < -0.4 is 10.1 Å². The number of esters is 2. The molecule has 1 fully saturated rings. The summed E-state index contributed by atoms with van der Waals surface area (Å²) in [7, 11) is 3.86. The fraction of sp³-hybridized carbons (Fsp3) is 0.304. The van der Waals surface area contributed by atoms with Crippen molar-refractivity contribution in [2.45, 2.75) is 18.9 Å². The Hall–Kier alpha value is -3.59. The summed E-state index contributed by atoms with van der Waals surface area (Å²) in [5.41, 5.74) is 0.589. The van der Waals surface area contributed by atoms with E-state index in [2.05, 4.69) is 5.32 Å². The Kier molecular flexibility index (Phi) is 7.55. The third-order valence-corrected chi connectivity index (χ3v) is 5.49. The van der Waals surface area contributed by atoms with Gasteiger partial charge in [-0.15, -0.1) is 0 Å². The fourth-order valence-corrected chi connectivity index (χ4v) is 3.85. The molecule has 0 bridgehead atoms. The van der Waals surface area contributed by atoms with Crippen molar-refractivity contribution in [1.29, 1.82) is 0 Å². The SMILES string of the molecule is COC(=O)c1cc(NC(=O)C2CCCN2C(=O)c2cc(Cl)ccc2OC)cc(C(=O)OC)c1. The van der Waals surface area contributed by atoms with E-state index in [4.69, 9.17) is 25.8 Å². The number of hydrogen-bond donors (Lipinski definition) is 1. The quantitative estimate of drug-likeness (QED) is 0.640. The first-order valence-corrected chi connectivity index (χ1v) is 10.4. The molecule has 2 amide bonds. The van der Waals surface area contributed by atoms with Crippen LogP contribution in [0, 0.1) is 0 Å². The highest BCUT2D eigenvalue weighted by Gasteiger charge is 2.36. The van der Waals surface area contributed by atoms with Crippen molar-refractivity contribution in [2.24, 2.45) is 0 Å². The van der Waals surface area contributed by atoms with Crippen LogP contribution in [-0.4, -0.2) is 62.6 Å². The lowest BCUT2D eigenvalue weighted by Gasteiger charge is -2.25. The van der Waals surface area contributed by atoms with Gasteiger partial charge in [0, 0.05) is 17.3 Å². The molecule has 1 unspecified atom stereocenters. The lowest BCUT2D eigenvalue weighted by Crippen LogP contribution is -2.43. The number of hydrogen-bond acceptors (Lipinski definition) is 7. The van der Waals surface area contributed by atoms with Crippen LogP contribution in [0.25, 0.3) is 0 Å². The molecule has 1 aliphatic heterocycles. The number of amides is 2. The Balaban J connectivity index is 1.86. The van der Waals surface area contributed by atoms with Crippen molar-refractivity contribution in [3.05, 3.63) is 58.1 Å². The molecule has 33 heavy (non-hydrogen) atoms. The van der Waals surface area contributed by atoms with E-state index < -0.39 is 23.9 Å². The molecular formula is C23H23ClN2O7. The highest BCUT2D eigenvalue weighted by atomic mass is 35.5. The van der Waals surface area contributed by atoms with Crippen molar-refractivity contribution in [3.8, 4) is 5.75 Å². The second-order valence-electron chi connectivity index (χ2n) is 7.27. The van der Waals surface area contributed by atoms with Gasteiger partial charge in [0.2, 0.25) is 5.91 Å². The Morgan fingerprint density at radius 3 is 2.18 bits per heavy atom. The molecule has 2 aromatic rings. The van der Waals surface area contributed by atoms with Gasteiger partial charge >= 0.3 is 11.9 Å². The fourth-order valence-electron chi connectivity index (χ4n) is 3.68. The van der Waals surface area contributed by atoms with E-state index in [9.17, 15) is 19.2 Å². The van der Waals surface area contributed by atoms with Crippen LogP contribution in [0.1, 0.15) is 43.9 Å². The van der Waals surface area contributed by atoms with E-state index >= 15 is 0 Å². The third-order valence-electron chi connectivity index (χ3n) is 5.25. The Morgan fingerprint density at radius 1 is 0.970 bits per heavy atom. The van der Waals surface area contributed by atoms with Gasteiger partial charge < -0.3 is 24.4 Å². The average molecular weight is 475 g/mol. The van der Waals surface area contributed by atoms with Gasteiger partial charge in [0.15, 0.2) is 0 Å². The molecule has 0 spiro atoms. The molecule has 3 rings (SSSR count). The number of nitrogens with one attached hydrogen (secondary N) is 1. The van der Waals surface area contributed by atoms with E-state index in [-0.39, 0.29) is 28.3 Å². The van der Waals surface area contributed by atoms with E-state index in [0.717, 1.165) is 0 Å². The zero-order valence-electron chi connectivity index (χ0n) is 18.3. The van der Waals surface area contributed by atoms with Crippen LogP contribution in [0.3, 0.4) is 0 Å². The molecule has 174 valence electrons. The first-order valence-electron chi connectivity index (χ1n) is 10.1. The minimum absolute atomic E-state index is 0.0683. The highest BCUT2D eigenvalue weighted by molar-refractivity contribution is 6.31. The zero-order chi connectivity index (χ0) is 24.1. The minimum Gasteiger partial charge on any atom is -0.496 e. The number of likely N-dealkylation sites (tertiary alicyclic amines) is 1. The van der Waals surface area contributed by atoms with Gasteiger partial charge in [-0.05, 0) is 49.2 Å². The van der Waals surface area contributed by atoms with Crippen molar-refractivity contribution in [1.82, 2.24) is 4.90 Å². The zero-order valence-corrected chi connectivity index (χ0v) is 19.1. The summed E-state index contributed by atoms with van der Waals surface area (Å²) in [6, 6.07) is 8.02. The van der Waals surface area contributed by atoms with Crippen LogP contribution in [0.4, 0.5) is 5.69 Å². The number of halogens is 1. The summed E-state index contributed by atoms with van der Waals surface area (Å²) in [4.78, 5) is 51.7. The average Bonchev–Trinajstić information content (AvgIpc) is 3.32. The number of anilines is 1. The standard InChI is InChI=1S/C23H23ClN2O7/c1-31-19-7-6-15(24)12-17(19)21(28)26-8-4-5-18(26)20(27)25-16-10-13(22(29)32-2)9-14(11-16)23(30)33-3/h6-7,9-12,18H,4-5,8H2,1-3H3,(H,25,27). The molecule has 1 heterocycles. The Morgan fingerprint density at radius 2 is 1.61 bits per heavy atom. The topological polar surface area (TPSA) is 111 Å². The number of benzene rings is 2. The molecule has 0 aromatic heterocycles. The van der Waals surface area contributed by atoms with Gasteiger partial charge in [-0.1, -0.05) is 11.6 Å². The first kappa shape index (κ1) is 24.1. The lowest BCUT2D eigenvalue weighted by molar-refractivity contribution is -0.119. The molecule has 0 aliphatic carbocycles. The monoisotopic (exact) mass is 474 g/mol. The summed E-state index contributed by atoms with van der Waals surface area (Å²) in [6.45, 7) is 0.377. The summed E-state index contributed by atoms with van der Waals surface area (Å²) in [6.07, 6.45) is 1.07. The van der Waals surface area contributed by atoms with Crippen molar-refractivity contribution >= 4 is 41.0 Å². The van der Waals surface area contributed by atoms with Crippen molar-refractivity contribution in [2.75, 3.05) is 33.2 Å². The first-order chi connectivity index (χ1) is 15.8. The molecule has 2 aromatic carbocycles. The lowest BCUT2D eigenvalue weighted by atomic mass is 10.1. The molecule has 9 nitrogen and oxygen atoms in total. The number of nitrogens with zero attached hydrogens (tertiary/aromatic N) is 1. The van der Waals surface area contributed by atoms with E-state index in [1.54, 1.807) is 12.1 Å². The number of methoxy groups -OCH3 is 3. The summed E-state index contributed by atoms with van der Waals surface area (Å²) in [5.74, 6) is -1.85. The van der Waals surface area contributed by atoms with Crippen molar-refractivity contribution < 1.29 is 33.4 Å². The number of rotatable bonds is 6. The van der Waals surface area contributed by atoms with Crippen LogP contribution in [0.2, 0.25) is 5.02 Å². The van der Waals surface area contributed by atoms with Gasteiger partial charge in [-0.25, -0.2) is 9.59 Å². The second kappa shape index (κ2) is 10.4. The van der Waals surface area contributed by atoms with Crippen LogP contribution >= 0.6 is 11.6 Å². The Bertz CT molecular complexity index is 1070. The molecule has 1 N–H and O–H groups in total. The molecule has 1 aliphatic rings. The summed E-state index contributed by atoms with van der Waals surface area (Å²) < 4.78 is 14.7. The normalized spacial score (nSPS) is 15.0. The van der Waals surface area contributed by atoms with Crippen LogP contribution in [0.5, 0.6) is 5.75 Å². The van der Waals surface area contributed by atoms with Crippen LogP contribution in [-0.2, 0) is 14.3 Å². The van der Waals surface area contributed by atoms with E-state index in [1.807, 2.05) is 0 Å². The minimum atomic E-state index is -0.760. The molecule has 0 saturated carbocycles. The largest absolute Gasteiger partial charge is 0.496 e. The summed E-state index contributed by atoms with van der Waals surface area (Å²) >= 11 is 6.05. The van der Waals surface area contributed by atoms with Gasteiger partial charge in [0.05, 0.1) is 38.0 Å². The predicted octanol–water partition coefficient (Wildman–Crippen LogP) is 3.17. The second-order valence-corrected chi connectivity index (χ2v) is 7.71. The smallest absolute Gasteiger partial charge is 0.337 e. The van der Waals surface area contributed by atoms with Crippen LogP contribution in [0.15, 0.2) is 36.4 Å². The predicted molar refractivity (Wildman–Crippen MR) is 120 cm³/mol. The van der Waals surface area contributed by atoms with Gasteiger partial charge in [0.1, 0.15) is 11.8 Å². The summed E-state index contributed by atoms with van der Waals surface area (Å²) in [5, 5.41) is 3.06. The number of carbonyl (C=O) groups excluding carboxylic acids is 4. The van der Waals surface area contributed by atoms with Crippen molar-refractivity contribution in [3.63, 3.8) is 0 Å². The molecule has 0 radical (unpaired) electrons. The molecule has 1 atom stereocenters. The maximum Gasteiger partial charge on any atom is 0.337 e. The Labute approximate surface area is 195 Å². The number of carbonyl (C=O) groups is 4. The third kappa shape index (κ3) is 5.25. The molecule has 1 saturated heterocycles. The maximum atomic E-state index is 13.2. The van der Waals surface area contributed by atoms with E-state index in [1.165, 1.54) is 50.5 Å². The number of ether oxygens (including phenoxy) is 3. The van der Waals surface area contributed by atoms with Gasteiger partial charge in [-0.3, -0.25) is 9.59 Å². The maximum absolute atomic E-state index is 13.2. The van der Waals surface area contributed by atoms with Gasteiger partial charge in [-0.2, -0.15) is 0 Å². The van der Waals surface area contributed by atoms with Gasteiger partial charge in [0.25, 0.3) is 5.91 Å². The molecule has 10 heteroatoms. The highest BCUT2D eigenvalue weighted by Crippen LogP contribution is 2.28. The molecular weight excluding hydrogens is 452 g/mol. The van der Waals surface area contributed by atoms with E-state index in [0.29, 0.717) is 30.2 Å².